The molecule has 1 atom stereocenters. The summed E-state index contributed by atoms with van der Waals surface area (Å²) < 4.78 is 12.4. The third-order valence-corrected chi connectivity index (χ3v) is 6.85. The van der Waals surface area contributed by atoms with Gasteiger partial charge in [-0.2, -0.15) is 5.26 Å². The lowest BCUT2D eigenvalue weighted by Gasteiger charge is -2.37. The van der Waals surface area contributed by atoms with Crippen LogP contribution in [0.25, 0.3) is 0 Å². The van der Waals surface area contributed by atoms with Gasteiger partial charge < -0.3 is 20.1 Å². The van der Waals surface area contributed by atoms with Crippen LogP contribution in [0.3, 0.4) is 0 Å². The predicted molar refractivity (Wildman–Crippen MR) is 129 cm³/mol. The second-order valence-corrected chi connectivity index (χ2v) is 9.20. The molecule has 0 saturated heterocycles. The van der Waals surface area contributed by atoms with Crippen molar-refractivity contribution in [3.05, 3.63) is 80.2 Å². The van der Waals surface area contributed by atoms with E-state index in [0.717, 1.165) is 29.7 Å². The number of carbonyl (C=O) groups excluding carboxylic acids is 1. The summed E-state index contributed by atoms with van der Waals surface area (Å²) in [6.45, 7) is 2.42. The average molecular weight is 508 g/mol. The topological polar surface area (TPSA) is 88.6 Å². The Bertz CT molecular complexity index is 1210. The SMILES string of the molecule is COc1cc([C@@H]2C(C#N)=C(N)N(C)C3=C2C(=O)CCC3)cc(Br)c1OCc1ccc(C)cc1. The molecule has 0 saturated carbocycles. The Morgan fingerprint density at radius 1 is 1.24 bits per heavy atom. The standard InChI is InChI=1S/C26H26BrN3O3/c1-15-7-9-16(10-8-15)14-33-25-19(27)11-17(12-22(25)32-3)23-18(13-28)26(29)30(2)20-5-4-6-21(31)24(20)23/h7-12,23H,4-6,14,29H2,1-3H3/t23-/m1/s1. The first-order chi connectivity index (χ1) is 15.8. The molecular weight excluding hydrogens is 482 g/mol. The Labute approximate surface area is 202 Å². The Morgan fingerprint density at radius 2 is 1.97 bits per heavy atom. The highest BCUT2D eigenvalue weighted by molar-refractivity contribution is 9.10. The van der Waals surface area contributed by atoms with Crippen molar-refractivity contribution in [2.24, 2.45) is 5.73 Å². The minimum Gasteiger partial charge on any atom is -0.493 e. The third kappa shape index (κ3) is 4.23. The van der Waals surface area contributed by atoms with E-state index in [1.807, 2.05) is 50.4 Å². The van der Waals surface area contributed by atoms with Crippen molar-refractivity contribution < 1.29 is 14.3 Å². The number of nitriles is 1. The fourth-order valence-electron chi connectivity index (χ4n) is 4.48. The van der Waals surface area contributed by atoms with Crippen LogP contribution in [0.4, 0.5) is 0 Å². The van der Waals surface area contributed by atoms with Gasteiger partial charge in [-0.05, 0) is 59.0 Å². The molecule has 2 aromatic carbocycles. The molecule has 6 nitrogen and oxygen atoms in total. The quantitative estimate of drug-likeness (QED) is 0.607. The minimum absolute atomic E-state index is 0.0585. The lowest BCUT2D eigenvalue weighted by Crippen LogP contribution is -2.36. The maximum Gasteiger partial charge on any atom is 0.175 e. The van der Waals surface area contributed by atoms with Crippen molar-refractivity contribution in [3.8, 4) is 17.6 Å². The van der Waals surface area contributed by atoms with Crippen LogP contribution in [0.5, 0.6) is 11.5 Å². The van der Waals surface area contributed by atoms with E-state index in [-0.39, 0.29) is 5.78 Å². The van der Waals surface area contributed by atoms with E-state index in [0.29, 0.717) is 46.0 Å². The highest BCUT2D eigenvalue weighted by Crippen LogP contribution is 2.47. The summed E-state index contributed by atoms with van der Waals surface area (Å²) in [6.07, 6.45) is 2.00. The number of ketones is 1. The molecule has 0 aromatic heterocycles. The number of halogens is 1. The number of allylic oxidation sites excluding steroid dienone is 3. The van der Waals surface area contributed by atoms with Gasteiger partial charge in [0.1, 0.15) is 12.4 Å². The van der Waals surface area contributed by atoms with Gasteiger partial charge in [0.15, 0.2) is 17.3 Å². The van der Waals surface area contributed by atoms with E-state index < -0.39 is 5.92 Å². The average Bonchev–Trinajstić information content (AvgIpc) is 2.81. The number of nitrogens with zero attached hydrogens (tertiary/aromatic N) is 2. The number of aryl methyl sites for hydroxylation is 1. The summed E-state index contributed by atoms with van der Waals surface area (Å²) in [7, 11) is 3.39. The van der Waals surface area contributed by atoms with Crippen molar-refractivity contribution in [1.82, 2.24) is 4.90 Å². The lowest BCUT2D eigenvalue weighted by atomic mass is 9.76. The van der Waals surface area contributed by atoms with Gasteiger partial charge >= 0.3 is 0 Å². The molecule has 0 fully saturated rings. The van der Waals surface area contributed by atoms with Crippen molar-refractivity contribution in [3.63, 3.8) is 0 Å². The van der Waals surface area contributed by atoms with Crippen LogP contribution in [-0.4, -0.2) is 24.8 Å². The lowest BCUT2D eigenvalue weighted by molar-refractivity contribution is -0.116. The Morgan fingerprint density at radius 3 is 2.64 bits per heavy atom. The first-order valence-corrected chi connectivity index (χ1v) is 11.6. The Balaban J connectivity index is 1.75. The van der Waals surface area contributed by atoms with E-state index >= 15 is 0 Å². The van der Waals surface area contributed by atoms with Gasteiger partial charge in [-0.3, -0.25) is 4.79 Å². The summed E-state index contributed by atoms with van der Waals surface area (Å²) in [5.74, 6) is 0.986. The zero-order valence-corrected chi connectivity index (χ0v) is 20.5. The summed E-state index contributed by atoms with van der Waals surface area (Å²) in [5, 5.41) is 9.95. The van der Waals surface area contributed by atoms with Crippen molar-refractivity contribution in [2.45, 2.75) is 38.7 Å². The maximum absolute atomic E-state index is 13.0. The number of nitrogens with two attached hydrogens (primary N) is 1. The van der Waals surface area contributed by atoms with Crippen LogP contribution in [0, 0.1) is 18.3 Å². The van der Waals surface area contributed by atoms with Crippen molar-refractivity contribution in [2.75, 3.05) is 14.2 Å². The molecule has 7 heteroatoms. The van der Waals surface area contributed by atoms with E-state index in [9.17, 15) is 10.1 Å². The maximum atomic E-state index is 13.0. The normalized spacial score (nSPS) is 18.2. The van der Waals surface area contributed by atoms with Crippen LogP contribution < -0.4 is 15.2 Å². The van der Waals surface area contributed by atoms with E-state index in [2.05, 4.69) is 22.0 Å². The predicted octanol–water partition coefficient (Wildman–Crippen LogP) is 5.08. The van der Waals surface area contributed by atoms with Gasteiger partial charge in [-0.1, -0.05) is 29.8 Å². The number of benzene rings is 2. The van der Waals surface area contributed by atoms with Gasteiger partial charge in [0.2, 0.25) is 0 Å². The third-order valence-electron chi connectivity index (χ3n) is 6.26. The molecule has 1 aliphatic carbocycles. The molecule has 2 aliphatic rings. The molecule has 0 amide bonds. The number of ether oxygens (including phenoxy) is 2. The first-order valence-electron chi connectivity index (χ1n) is 10.8. The van der Waals surface area contributed by atoms with Crippen LogP contribution in [0.2, 0.25) is 0 Å². The molecule has 4 rings (SSSR count). The van der Waals surface area contributed by atoms with E-state index in [4.69, 9.17) is 15.2 Å². The van der Waals surface area contributed by atoms with Crippen LogP contribution >= 0.6 is 15.9 Å². The fourth-order valence-corrected chi connectivity index (χ4v) is 5.06. The van der Waals surface area contributed by atoms with Gasteiger partial charge in [0.25, 0.3) is 0 Å². The van der Waals surface area contributed by atoms with Crippen LogP contribution in [0.1, 0.15) is 41.9 Å². The minimum atomic E-state index is -0.537. The highest BCUT2D eigenvalue weighted by Gasteiger charge is 2.39. The monoisotopic (exact) mass is 507 g/mol. The molecule has 0 unspecified atom stereocenters. The first kappa shape index (κ1) is 22.9. The highest BCUT2D eigenvalue weighted by atomic mass is 79.9. The van der Waals surface area contributed by atoms with E-state index in [1.165, 1.54) is 5.56 Å². The zero-order valence-electron chi connectivity index (χ0n) is 18.9. The molecule has 170 valence electrons. The second-order valence-electron chi connectivity index (χ2n) is 8.35. The van der Waals surface area contributed by atoms with E-state index in [1.54, 1.807) is 12.0 Å². The molecule has 0 radical (unpaired) electrons. The Kier molecular flexibility index (Phi) is 6.48. The van der Waals surface area contributed by atoms with Crippen molar-refractivity contribution in [1.29, 1.82) is 5.26 Å². The molecule has 2 N–H and O–H groups in total. The number of hydrogen-bond donors (Lipinski definition) is 1. The summed E-state index contributed by atoms with van der Waals surface area (Å²) in [6, 6.07) is 14.1. The zero-order chi connectivity index (χ0) is 23.7. The molecule has 0 bridgehead atoms. The summed E-state index contributed by atoms with van der Waals surface area (Å²) in [5.41, 5.74) is 11.2. The smallest absolute Gasteiger partial charge is 0.175 e. The number of carbonyl (C=O) groups is 1. The largest absolute Gasteiger partial charge is 0.493 e. The van der Waals surface area contributed by atoms with Crippen LogP contribution in [0.15, 0.2) is 63.5 Å². The van der Waals surface area contributed by atoms with Crippen LogP contribution in [-0.2, 0) is 11.4 Å². The van der Waals surface area contributed by atoms with Gasteiger partial charge in [-0.15, -0.1) is 0 Å². The number of Topliss-reactive ketones (excluding diaryl/α,β-unsaturated/α-hetero) is 1. The second kappa shape index (κ2) is 9.32. The molecular formula is C26H26BrN3O3. The van der Waals surface area contributed by atoms with Crippen molar-refractivity contribution >= 4 is 21.7 Å². The molecule has 1 aliphatic heterocycles. The van der Waals surface area contributed by atoms with Gasteiger partial charge in [-0.25, -0.2) is 0 Å². The summed E-state index contributed by atoms with van der Waals surface area (Å²) in [4.78, 5) is 14.8. The molecule has 33 heavy (non-hydrogen) atoms. The van der Waals surface area contributed by atoms with Gasteiger partial charge in [0.05, 0.1) is 29.1 Å². The van der Waals surface area contributed by atoms with Gasteiger partial charge in [0, 0.05) is 24.7 Å². The Hall–Kier alpha value is -3.24. The summed E-state index contributed by atoms with van der Waals surface area (Å²) >= 11 is 3.62. The molecule has 0 spiro atoms. The fraction of sp³-hybridized carbons (Fsp3) is 0.308. The molecule has 2 aromatic rings. The number of methoxy groups -OCH3 is 1. The molecule has 1 heterocycles. The number of rotatable bonds is 5. The number of hydrogen-bond acceptors (Lipinski definition) is 6.